The van der Waals surface area contributed by atoms with Crippen LogP contribution in [0.25, 0.3) is 11.4 Å². The number of rotatable bonds is 3. The molecule has 0 radical (unpaired) electrons. The molecule has 0 spiro atoms. The Morgan fingerprint density at radius 2 is 1.96 bits per heavy atom. The number of ether oxygens (including phenoxy) is 2. The van der Waals surface area contributed by atoms with E-state index in [1.807, 2.05) is 0 Å². The highest BCUT2D eigenvalue weighted by Crippen LogP contribution is 2.17. The molecule has 5 heteroatoms. The Bertz CT molecular complexity index is 681. The Balaban J connectivity index is 1.55. The summed E-state index contributed by atoms with van der Waals surface area (Å²) in [6.07, 6.45) is 6.43. The number of nitrogens with zero attached hydrogens (tertiary/aromatic N) is 2. The Labute approximate surface area is 135 Å². The van der Waals surface area contributed by atoms with Crippen molar-refractivity contribution in [3.63, 3.8) is 0 Å². The van der Waals surface area contributed by atoms with E-state index in [1.165, 1.54) is 0 Å². The molecule has 1 aliphatic heterocycles. The second-order valence-corrected chi connectivity index (χ2v) is 5.25. The molecule has 2 heterocycles. The van der Waals surface area contributed by atoms with Crippen molar-refractivity contribution in [3.8, 4) is 29.0 Å². The Morgan fingerprint density at radius 1 is 1.17 bits per heavy atom. The molecule has 23 heavy (non-hydrogen) atoms. The molecule has 3 rings (SSSR count). The molecule has 1 fully saturated rings. The SMILES string of the molecule is Oc1ccc(-c2ncc(C#CCOC3CCCCO3)cn2)cc1. The molecule has 1 N–H and O–H groups in total. The summed E-state index contributed by atoms with van der Waals surface area (Å²) in [5.74, 6) is 6.75. The first kappa shape index (κ1) is 15.5. The van der Waals surface area contributed by atoms with Crippen LogP contribution < -0.4 is 0 Å². The van der Waals surface area contributed by atoms with Gasteiger partial charge in [-0.15, -0.1) is 0 Å². The second-order valence-electron chi connectivity index (χ2n) is 5.25. The zero-order chi connectivity index (χ0) is 15.9. The zero-order valence-electron chi connectivity index (χ0n) is 12.7. The minimum atomic E-state index is -0.119. The van der Waals surface area contributed by atoms with Crippen molar-refractivity contribution < 1.29 is 14.6 Å². The van der Waals surface area contributed by atoms with E-state index in [1.54, 1.807) is 36.7 Å². The van der Waals surface area contributed by atoms with E-state index in [9.17, 15) is 5.11 Å². The topological polar surface area (TPSA) is 64.5 Å². The van der Waals surface area contributed by atoms with Gasteiger partial charge in [0.15, 0.2) is 12.1 Å². The maximum Gasteiger partial charge on any atom is 0.159 e. The van der Waals surface area contributed by atoms with E-state index in [0.29, 0.717) is 12.4 Å². The molecular formula is C18H18N2O3. The number of aromatic hydroxyl groups is 1. The Hall–Kier alpha value is -2.42. The monoisotopic (exact) mass is 310 g/mol. The van der Waals surface area contributed by atoms with Crippen molar-refractivity contribution in [3.05, 3.63) is 42.2 Å². The molecule has 0 bridgehead atoms. The van der Waals surface area contributed by atoms with Gasteiger partial charge in [-0.2, -0.15) is 0 Å². The van der Waals surface area contributed by atoms with Gasteiger partial charge in [-0.25, -0.2) is 9.97 Å². The van der Waals surface area contributed by atoms with Crippen molar-refractivity contribution in [2.75, 3.05) is 13.2 Å². The van der Waals surface area contributed by atoms with Gasteiger partial charge in [-0.05, 0) is 43.5 Å². The number of benzene rings is 1. The van der Waals surface area contributed by atoms with Gasteiger partial charge in [0.05, 0.1) is 5.56 Å². The molecule has 1 aromatic carbocycles. The quantitative estimate of drug-likeness (QED) is 0.883. The molecule has 0 aliphatic carbocycles. The maximum atomic E-state index is 9.28. The number of hydrogen-bond acceptors (Lipinski definition) is 5. The third-order valence-electron chi connectivity index (χ3n) is 3.49. The predicted molar refractivity (Wildman–Crippen MR) is 85.6 cm³/mol. The van der Waals surface area contributed by atoms with Crippen molar-refractivity contribution in [1.29, 1.82) is 0 Å². The molecule has 1 aromatic heterocycles. The first-order valence-electron chi connectivity index (χ1n) is 7.65. The lowest BCUT2D eigenvalue weighted by Crippen LogP contribution is -2.22. The van der Waals surface area contributed by atoms with Gasteiger partial charge < -0.3 is 14.6 Å². The first-order chi connectivity index (χ1) is 11.3. The van der Waals surface area contributed by atoms with E-state index in [2.05, 4.69) is 21.8 Å². The molecule has 0 amide bonds. The smallest absolute Gasteiger partial charge is 0.159 e. The van der Waals surface area contributed by atoms with Crippen LogP contribution in [0.4, 0.5) is 0 Å². The fourth-order valence-electron chi connectivity index (χ4n) is 2.27. The molecule has 0 saturated carbocycles. The molecule has 1 unspecified atom stereocenters. The van der Waals surface area contributed by atoms with E-state index >= 15 is 0 Å². The first-order valence-corrected chi connectivity index (χ1v) is 7.65. The summed E-state index contributed by atoms with van der Waals surface area (Å²) < 4.78 is 11.0. The highest BCUT2D eigenvalue weighted by molar-refractivity contribution is 5.56. The van der Waals surface area contributed by atoms with Gasteiger partial charge in [0.1, 0.15) is 12.4 Å². The lowest BCUT2D eigenvalue weighted by atomic mass is 10.2. The largest absolute Gasteiger partial charge is 0.508 e. The molecule has 2 aromatic rings. The van der Waals surface area contributed by atoms with E-state index in [-0.39, 0.29) is 12.0 Å². The number of phenolic OH excluding ortho intramolecular Hbond substituents is 1. The molecule has 1 atom stereocenters. The number of phenols is 1. The summed E-state index contributed by atoms with van der Waals surface area (Å²) in [7, 11) is 0. The van der Waals surface area contributed by atoms with Crippen molar-refractivity contribution >= 4 is 0 Å². The fraction of sp³-hybridized carbons (Fsp3) is 0.333. The van der Waals surface area contributed by atoms with Gasteiger partial charge >= 0.3 is 0 Å². The van der Waals surface area contributed by atoms with Crippen LogP contribution >= 0.6 is 0 Å². The minimum absolute atomic E-state index is 0.119. The number of hydrogen-bond donors (Lipinski definition) is 1. The number of aromatic nitrogens is 2. The van der Waals surface area contributed by atoms with Crippen LogP contribution in [0.2, 0.25) is 0 Å². The fourth-order valence-corrected chi connectivity index (χ4v) is 2.27. The van der Waals surface area contributed by atoms with Gasteiger partial charge in [-0.3, -0.25) is 0 Å². The standard InChI is InChI=1S/C18H18N2O3/c21-16-8-6-15(7-9-16)18-19-12-14(13-20-18)4-3-11-23-17-5-1-2-10-22-17/h6-9,12-13,17,21H,1-2,5,10-11H2. The van der Waals surface area contributed by atoms with Crippen LogP contribution in [0.3, 0.4) is 0 Å². The zero-order valence-corrected chi connectivity index (χ0v) is 12.7. The highest BCUT2D eigenvalue weighted by Gasteiger charge is 2.12. The summed E-state index contributed by atoms with van der Waals surface area (Å²) in [5, 5.41) is 9.28. The van der Waals surface area contributed by atoms with Crippen molar-refractivity contribution in [2.45, 2.75) is 25.6 Å². The molecule has 5 nitrogen and oxygen atoms in total. The van der Waals surface area contributed by atoms with Crippen LogP contribution in [0.15, 0.2) is 36.7 Å². The molecular weight excluding hydrogens is 292 g/mol. The third-order valence-corrected chi connectivity index (χ3v) is 3.49. The van der Waals surface area contributed by atoms with E-state index < -0.39 is 0 Å². The van der Waals surface area contributed by atoms with E-state index in [0.717, 1.165) is 37.0 Å². The summed E-state index contributed by atoms with van der Waals surface area (Å²) in [6, 6.07) is 6.76. The molecule has 1 saturated heterocycles. The van der Waals surface area contributed by atoms with Crippen molar-refractivity contribution in [1.82, 2.24) is 9.97 Å². The minimum Gasteiger partial charge on any atom is -0.508 e. The normalized spacial score (nSPS) is 17.3. The van der Waals surface area contributed by atoms with Crippen LogP contribution in [-0.4, -0.2) is 34.6 Å². The van der Waals surface area contributed by atoms with Crippen LogP contribution in [0.1, 0.15) is 24.8 Å². The average molecular weight is 310 g/mol. The lowest BCUT2D eigenvalue weighted by molar-refractivity contribution is -0.154. The van der Waals surface area contributed by atoms with Gasteiger partial charge in [0.2, 0.25) is 0 Å². The van der Waals surface area contributed by atoms with Gasteiger partial charge in [0.25, 0.3) is 0 Å². The van der Waals surface area contributed by atoms with E-state index in [4.69, 9.17) is 9.47 Å². The van der Waals surface area contributed by atoms with Crippen LogP contribution in [-0.2, 0) is 9.47 Å². The Kier molecular flexibility index (Phi) is 5.20. The van der Waals surface area contributed by atoms with Crippen LogP contribution in [0, 0.1) is 11.8 Å². The van der Waals surface area contributed by atoms with Crippen LogP contribution in [0.5, 0.6) is 5.75 Å². The predicted octanol–water partition coefficient (Wildman–Crippen LogP) is 2.74. The maximum absolute atomic E-state index is 9.28. The average Bonchev–Trinajstić information content (AvgIpc) is 2.61. The molecule has 118 valence electrons. The Morgan fingerprint density at radius 3 is 2.65 bits per heavy atom. The van der Waals surface area contributed by atoms with Gasteiger partial charge in [0, 0.05) is 24.6 Å². The summed E-state index contributed by atoms with van der Waals surface area (Å²) in [4.78, 5) is 8.57. The third kappa shape index (κ3) is 4.52. The summed E-state index contributed by atoms with van der Waals surface area (Å²) >= 11 is 0. The lowest BCUT2D eigenvalue weighted by Gasteiger charge is -2.21. The molecule has 1 aliphatic rings. The van der Waals surface area contributed by atoms with Gasteiger partial charge in [-0.1, -0.05) is 11.8 Å². The summed E-state index contributed by atoms with van der Waals surface area (Å²) in [5.41, 5.74) is 1.58. The summed E-state index contributed by atoms with van der Waals surface area (Å²) in [6.45, 7) is 1.11. The van der Waals surface area contributed by atoms with Crippen molar-refractivity contribution in [2.24, 2.45) is 0 Å². The highest BCUT2D eigenvalue weighted by atomic mass is 16.7. The second kappa shape index (κ2) is 7.73.